The fourth-order valence-corrected chi connectivity index (χ4v) is 0.711. The van der Waals surface area contributed by atoms with Gasteiger partial charge in [0.2, 0.25) is 6.36 Å². The molecule has 1 heterocycles. The van der Waals surface area contributed by atoms with Gasteiger partial charge in [0.25, 0.3) is 0 Å². The Kier molecular flexibility index (Phi) is 5.22. The molecule has 0 aromatic rings. The molecule has 0 fully saturated rings. The van der Waals surface area contributed by atoms with Gasteiger partial charge in [-0.15, -0.1) is 0 Å². The van der Waals surface area contributed by atoms with Crippen molar-refractivity contribution in [3.8, 4) is 0 Å². The van der Waals surface area contributed by atoms with Gasteiger partial charge < -0.3 is 4.74 Å². The summed E-state index contributed by atoms with van der Waals surface area (Å²) in [5.74, 6) is 0. The van der Waals surface area contributed by atoms with E-state index in [1.54, 1.807) is 6.08 Å². The molecule has 60 valence electrons. The van der Waals surface area contributed by atoms with Crippen LogP contribution in [0, 0.1) is 0 Å². The molecule has 10 heavy (non-hydrogen) atoms. The molecule has 1 unspecified atom stereocenters. The van der Waals surface area contributed by atoms with Crippen molar-refractivity contribution in [3.05, 3.63) is 12.2 Å². The average molecular weight is 146 g/mol. The molecule has 0 aromatic carbocycles. The summed E-state index contributed by atoms with van der Waals surface area (Å²) < 4.78 is 16.9. The summed E-state index contributed by atoms with van der Waals surface area (Å²) in [7, 11) is 0. The maximum absolute atomic E-state index is 12.2. The Morgan fingerprint density at radius 2 is 2.10 bits per heavy atom. The van der Waals surface area contributed by atoms with E-state index in [-0.39, 0.29) is 6.10 Å². The first-order valence-corrected chi connectivity index (χ1v) is 3.75. The minimum Gasteiger partial charge on any atom is -0.341 e. The summed E-state index contributed by atoms with van der Waals surface area (Å²) >= 11 is 0. The first kappa shape index (κ1) is 9.63. The van der Waals surface area contributed by atoms with Crippen LogP contribution in [0.25, 0.3) is 0 Å². The van der Waals surface area contributed by atoms with Crippen molar-refractivity contribution in [2.24, 2.45) is 0 Å². The minimum absolute atomic E-state index is 0.0428. The van der Waals surface area contributed by atoms with Gasteiger partial charge in [-0.25, -0.2) is 4.39 Å². The second kappa shape index (κ2) is 5.42. The molecule has 1 aliphatic rings. The number of alkyl halides is 1. The highest BCUT2D eigenvalue weighted by Crippen LogP contribution is 2.11. The smallest absolute Gasteiger partial charge is 0.202 e. The molecule has 0 N–H and O–H groups in total. The first-order chi connectivity index (χ1) is 4.79. The standard InChI is InChI=1S/C6H9FO.C2H6/c1-5-3-2-4-6(7)8-5;1-2/h2-3,5-6H,4H2,1H3;1-2H3/t5?,6-;/m0./s1. The van der Waals surface area contributed by atoms with Crippen LogP contribution in [0.2, 0.25) is 0 Å². The predicted molar refractivity (Wildman–Crippen MR) is 40.5 cm³/mol. The lowest BCUT2D eigenvalue weighted by Crippen LogP contribution is -2.16. The van der Waals surface area contributed by atoms with Crippen LogP contribution in [0.1, 0.15) is 27.2 Å². The molecular formula is C8H15FO. The van der Waals surface area contributed by atoms with Crippen LogP contribution in [0.15, 0.2) is 12.2 Å². The Labute approximate surface area is 61.9 Å². The molecule has 2 atom stereocenters. The van der Waals surface area contributed by atoms with Crippen molar-refractivity contribution in [3.63, 3.8) is 0 Å². The lowest BCUT2D eigenvalue weighted by Gasteiger charge is -2.15. The molecule has 1 aliphatic heterocycles. The molecule has 1 rings (SSSR count). The van der Waals surface area contributed by atoms with Crippen LogP contribution in [0.3, 0.4) is 0 Å². The monoisotopic (exact) mass is 146 g/mol. The van der Waals surface area contributed by atoms with Gasteiger partial charge in [0.1, 0.15) is 0 Å². The van der Waals surface area contributed by atoms with E-state index in [0.29, 0.717) is 6.42 Å². The van der Waals surface area contributed by atoms with Gasteiger partial charge in [0.05, 0.1) is 6.10 Å². The van der Waals surface area contributed by atoms with E-state index in [0.717, 1.165) is 0 Å². The SMILES string of the molecule is CC.CC1C=CC[C@@H](F)O1. The molecule has 2 heteroatoms. The number of rotatable bonds is 0. The summed E-state index contributed by atoms with van der Waals surface area (Å²) in [6.07, 6.45) is 2.95. The van der Waals surface area contributed by atoms with Crippen molar-refractivity contribution in [2.45, 2.75) is 39.7 Å². The van der Waals surface area contributed by atoms with Crippen LogP contribution in [0.4, 0.5) is 4.39 Å². The average Bonchev–Trinajstić information content (AvgIpc) is 1.91. The van der Waals surface area contributed by atoms with Gasteiger partial charge in [-0.2, -0.15) is 0 Å². The Balaban J connectivity index is 0.000000371. The fraction of sp³-hybridized carbons (Fsp3) is 0.750. The van der Waals surface area contributed by atoms with E-state index < -0.39 is 6.36 Å². The van der Waals surface area contributed by atoms with Gasteiger partial charge in [0.15, 0.2) is 0 Å². The molecule has 1 nitrogen and oxygen atoms in total. The highest BCUT2D eigenvalue weighted by atomic mass is 19.1. The van der Waals surface area contributed by atoms with E-state index in [4.69, 9.17) is 4.74 Å². The zero-order valence-electron chi connectivity index (χ0n) is 6.80. The molecule has 0 aliphatic carbocycles. The van der Waals surface area contributed by atoms with Crippen molar-refractivity contribution in [1.29, 1.82) is 0 Å². The summed E-state index contributed by atoms with van der Waals surface area (Å²) in [6.45, 7) is 5.82. The number of ether oxygens (including phenoxy) is 1. The van der Waals surface area contributed by atoms with Crippen LogP contribution in [0.5, 0.6) is 0 Å². The van der Waals surface area contributed by atoms with E-state index in [9.17, 15) is 4.39 Å². The van der Waals surface area contributed by atoms with Gasteiger partial charge in [-0.1, -0.05) is 26.0 Å². The zero-order chi connectivity index (χ0) is 7.98. The maximum Gasteiger partial charge on any atom is 0.202 e. The van der Waals surface area contributed by atoms with Gasteiger partial charge in [-0.3, -0.25) is 0 Å². The quantitative estimate of drug-likeness (QED) is 0.477. The van der Waals surface area contributed by atoms with E-state index >= 15 is 0 Å². The largest absolute Gasteiger partial charge is 0.341 e. The molecule has 0 radical (unpaired) electrons. The van der Waals surface area contributed by atoms with Crippen molar-refractivity contribution >= 4 is 0 Å². The number of halogens is 1. The second-order valence-electron chi connectivity index (χ2n) is 1.92. The Hall–Kier alpha value is -0.370. The Bertz CT molecular complexity index is 101. The van der Waals surface area contributed by atoms with E-state index in [1.165, 1.54) is 0 Å². The van der Waals surface area contributed by atoms with Crippen molar-refractivity contribution in [1.82, 2.24) is 0 Å². The summed E-state index contributed by atoms with van der Waals surface area (Å²) in [6, 6.07) is 0. The van der Waals surface area contributed by atoms with Crippen molar-refractivity contribution < 1.29 is 9.13 Å². The molecule has 0 saturated carbocycles. The normalized spacial score (nSPS) is 30.8. The summed E-state index contributed by atoms with van der Waals surface area (Å²) in [5, 5.41) is 0. The molecule has 0 saturated heterocycles. The Morgan fingerprint density at radius 1 is 1.50 bits per heavy atom. The molecule has 0 amide bonds. The second-order valence-corrected chi connectivity index (χ2v) is 1.92. The lowest BCUT2D eigenvalue weighted by atomic mass is 10.2. The van der Waals surface area contributed by atoms with Gasteiger partial charge in [-0.05, 0) is 6.92 Å². The van der Waals surface area contributed by atoms with E-state index in [1.807, 2.05) is 26.8 Å². The number of hydrogen-bond acceptors (Lipinski definition) is 1. The summed E-state index contributed by atoms with van der Waals surface area (Å²) in [5.41, 5.74) is 0. The third-order valence-electron chi connectivity index (χ3n) is 1.09. The van der Waals surface area contributed by atoms with Gasteiger partial charge in [0, 0.05) is 6.42 Å². The minimum atomic E-state index is -1.07. The highest BCUT2D eigenvalue weighted by molar-refractivity contribution is 4.91. The third-order valence-corrected chi connectivity index (χ3v) is 1.09. The van der Waals surface area contributed by atoms with Crippen LogP contribution < -0.4 is 0 Å². The van der Waals surface area contributed by atoms with Crippen molar-refractivity contribution in [2.75, 3.05) is 0 Å². The lowest BCUT2D eigenvalue weighted by molar-refractivity contribution is -0.0655. The summed E-state index contributed by atoms with van der Waals surface area (Å²) in [4.78, 5) is 0. The third kappa shape index (κ3) is 3.62. The molecule has 0 bridgehead atoms. The maximum atomic E-state index is 12.2. The Morgan fingerprint density at radius 3 is 2.40 bits per heavy atom. The van der Waals surface area contributed by atoms with Crippen LogP contribution >= 0.6 is 0 Å². The molecule has 0 aromatic heterocycles. The van der Waals surface area contributed by atoms with Crippen LogP contribution in [-0.4, -0.2) is 12.5 Å². The van der Waals surface area contributed by atoms with Gasteiger partial charge >= 0.3 is 0 Å². The zero-order valence-corrected chi connectivity index (χ0v) is 6.80. The molecular weight excluding hydrogens is 131 g/mol. The molecule has 0 spiro atoms. The number of hydrogen-bond donors (Lipinski definition) is 0. The first-order valence-electron chi connectivity index (χ1n) is 3.75. The topological polar surface area (TPSA) is 9.23 Å². The van der Waals surface area contributed by atoms with Crippen LogP contribution in [-0.2, 0) is 4.74 Å². The highest BCUT2D eigenvalue weighted by Gasteiger charge is 2.11. The fourth-order valence-electron chi connectivity index (χ4n) is 0.711. The predicted octanol–water partition coefficient (Wildman–Crippen LogP) is 2.67. The van der Waals surface area contributed by atoms with E-state index in [2.05, 4.69) is 0 Å².